The molecule has 2 nitrogen and oxygen atoms in total. The Morgan fingerprint density at radius 2 is 1.22 bits per heavy atom. The van der Waals surface area contributed by atoms with E-state index in [1.54, 1.807) is 6.92 Å². The Bertz CT molecular complexity index is 296. The van der Waals surface area contributed by atoms with E-state index in [1.165, 1.54) is 64.2 Å². The summed E-state index contributed by atoms with van der Waals surface area (Å²) in [6, 6.07) is 0. The van der Waals surface area contributed by atoms with Gasteiger partial charge in [-0.2, -0.15) is 0 Å². The zero-order chi connectivity index (χ0) is 17.3. The topological polar surface area (TPSA) is 26.3 Å². The molecule has 0 saturated heterocycles. The third-order valence-electron chi connectivity index (χ3n) is 4.38. The zero-order valence-corrected chi connectivity index (χ0v) is 16.0. The number of hydrogen-bond donors (Lipinski definition) is 0. The van der Waals surface area contributed by atoms with Crippen LogP contribution in [0.25, 0.3) is 0 Å². The minimum atomic E-state index is -0.224. The molecule has 0 aromatic carbocycles. The van der Waals surface area contributed by atoms with Gasteiger partial charge >= 0.3 is 5.97 Å². The van der Waals surface area contributed by atoms with Gasteiger partial charge in [-0.15, -0.1) is 0 Å². The summed E-state index contributed by atoms with van der Waals surface area (Å²) in [6.07, 6.45) is 17.8. The Morgan fingerprint density at radius 1 is 0.783 bits per heavy atom. The van der Waals surface area contributed by atoms with Crippen LogP contribution >= 0.6 is 0 Å². The van der Waals surface area contributed by atoms with Gasteiger partial charge in [-0.05, 0) is 26.2 Å². The van der Waals surface area contributed by atoms with Crippen molar-refractivity contribution >= 4 is 5.97 Å². The van der Waals surface area contributed by atoms with Crippen LogP contribution in [0.4, 0.5) is 0 Å². The third-order valence-corrected chi connectivity index (χ3v) is 4.38. The molecule has 0 spiro atoms. The first-order chi connectivity index (χ1) is 11.1. The second-order valence-corrected chi connectivity index (χ2v) is 6.92. The maximum Gasteiger partial charge on any atom is 0.333 e. The predicted octanol–water partition coefficient (Wildman–Crippen LogP) is 6.98. The van der Waals surface area contributed by atoms with E-state index >= 15 is 0 Å². The average Bonchev–Trinajstić information content (AvgIpc) is 2.53. The van der Waals surface area contributed by atoms with Crippen LogP contribution in [-0.2, 0) is 9.53 Å². The van der Waals surface area contributed by atoms with Gasteiger partial charge in [0.1, 0.15) is 6.10 Å². The highest BCUT2D eigenvalue weighted by molar-refractivity contribution is 5.87. The first kappa shape index (κ1) is 22.2. The van der Waals surface area contributed by atoms with Crippen molar-refractivity contribution in [3.63, 3.8) is 0 Å². The van der Waals surface area contributed by atoms with Gasteiger partial charge in [0.2, 0.25) is 0 Å². The van der Waals surface area contributed by atoms with Gasteiger partial charge in [-0.3, -0.25) is 0 Å². The summed E-state index contributed by atoms with van der Waals surface area (Å²) >= 11 is 0. The van der Waals surface area contributed by atoms with Gasteiger partial charge in [0.25, 0.3) is 0 Å². The second kappa shape index (κ2) is 16.1. The summed E-state index contributed by atoms with van der Waals surface area (Å²) in [4.78, 5) is 11.7. The molecule has 0 aromatic rings. The summed E-state index contributed by atoms with van der Waals surface area (Å²) in [5.41, 5.74) is 0.509. The zero-order valence-electron chi connectivity index (χ0n) is 16.0. The summed E-state index contributed by atoms with van der Waals surface area (Å²) in [6.45, 7) is 9.84. The molecule has 0 aromatic heterocycles. The van der Waals surface area contributed by atoms with E-state index in [-0.39, 0.29) is 12.1 Å². The van der Waals surface area contributed by atoms with E-state index in [4.69, 9.17) is 4.74 Å². The van der Waals surface area contributed by atoms with Crippen molar-refractivity contribution < 1.29 is 9.53 Å². The van der Waals surface area contributed by atoms with Gasteiger partial charge in [0, 0.05) is 5.57 Å². The van der Waals surface area contributed by atoms with Gasteiger partial charge < -0.3 is 4.74 Å². The van der Waals surface area contributed by atoms with Crippen LogP contribution in [0.5, 0.6) is 0 Å². The quantitative estimate of drug-likeness (QED) is 0.174. The van der Waals surface area contributed by atoms with E-state index < -0.39 is 0 Å². The van der Waals surface area contributed by atoms with Crippen molar-refractivity contribution in [1.82, 2.24) is 0 Å². The molecular formula is C21H40O2. The Balaban J connectivity index is 3.65. The fourth-order valence-corrected chi connectivity index (χ4v) is 2.81. The van der Waals surface area contributed by atoms with E-state index in [2.05, 4.69) is 20.4 Å². The molecule has 0 amide bonds. The molecular weight excluding hydrogens is 284 g/mol. The number of carbonyl (C=O) groups is 1. The van der Waals surface area contributed by atoms with Crippen LogP contribution in [0, 0.1) is 0 Å². The number of rotatable bonds is 16. The molecule has 0 radical (unpaired) electrons. The molecule has 1 atom stereocenters. The fraction of sp³-hybridized carbons (Fsp3) is 0.857. The molecule has 0 aliphatic carbocycles. The molecule has 0 aliphatic rings. The molecule has 0 N–H and O–H groups in total. The lowest BCUT2D eigenvalue weighted by molar-refractivity contribution is -0.145. The maximum absolute atomic E-state index is 11.7. The van der Waals surface area contributed by atoms with Crippen molar-refractivity contribution in [1.29, 1.82) is 0 Å². The second-order valence-electron chi connectivity index (χ2n) is 6.92. The van der Waals surface area contributed by atoms with E-state index in [0.717, 1.165) is 25.7 Å². The van der Waals surface area contributed by atoms with Crippen molar-refractivity contribution in [2.45, 2.75) is 117 Å². The highest BCUT2D eigenvalue weighted by Gasteiger charge is 2.14. The highest BCUT2D eigenvalue weighted by Crippen LogP contribution is 2.16. The number of carbonyl (C=O) groups excluding carboxylic acids is 1. The molecule has 0 bridgehead atoms. The summed E-state index contributed by atoms with van der Waals surface area (Å²) in [5, 5.41) is 0. The normalized spacial score (nSPS) is 12.1. The van der Waals surface area contributed by atoms with Crippen LogP contribution in [-0.4, -0.2) is 12.1 Å². The standard InChI is InChI=1S/C21H40O2/c1-5-7-9-10-11-12-13-14-15-16-18-20(17-8-6-2)23-21(22)19(3)4/h20H,3,5-18H2,1-2,4H3. The van der Waals surface area contributed by atoms with Gasteiger partial charge in [-0.25, -0.2) is 4.79 Å². The Morgan fingerprint density at radius 3 is 1.70 bits per heavy atom. The summed E-state index contributed by atoms with van der Waals surface area (Å²) in [5.74, 6) is -0.224. The molecule has 2 heteroatoms. The number of ether oxygens (including phenoxy) is 1. The lowest BCUT2D eigenvalue weighted by atomic mass is 10.0. The minimum Gasteiger partial charge on any atom is -0.459 e. The van der Waals surface area contributed by atoms with Gasteiger partial charge in [0.15, 0.2) is 0 Å². The van der Waals surface area contributed by atoms with Crippen molar-refractivity contribution in [2.24, 2.45) is 0 Å². The molecule has 0 fully saturated rings. The lowest BCUT2D eigenvalue weighted by Gasteiger charge is -2.17. The molecule has 136 valence electrons. The number of hydrogen-bond acceptors (Lipinski definition) is 2. The van der Waals surface area contributed by atoms with E-state index in [9.17, 15) is 4.79 Å². The number of esters is 1. The van der Waals surface area contributed by atoms with Crippen molar-refractivity contribution in [2.75, 3.05) is 0 Å². The molecule has 0 heterocycles. The van der Waals surface area contributed by atoms with Crippen molar-refractivity contribution in [3.8, 4) is 0 Å². The van der Waals surface area contributed by atoms with E-state index in [0.29, 0.717) is 5.57 Å². The first-order valence-electron chi connectivity index (χ1n) is 9.98. The highest BCUT2D eigenvalue weighted by atomic mass is 16.5. The molecule has 0 aliphatic heterocycles. The first-order valence-corrected chi connectivity index (χ1v) is 9.98. The van der Waals surface area contributed by atoms with Crippen LogP contribution in [0.1, 0.15) is 111 Å². The Labute approximate surface area is 145 Å². The number of unbranched alkanes of at least 4 members (excludes halogenated alkanes) is 10. The fourth-order valence-electron chi connectivity index (χ4n) is 2.81. The SMILES string of the molecule is C=C(C)C(=O)OC(CCCC)CCCCCCCCCCCC. The van der Waals surface area contributed by atoms with Crippen LogP contribution < -0.4 is 0 Å². The molecule has 0 rings (SSSR count). The Hall–Kier alpha value is -0.790. The minimum absolute atomic E-state index is 0.0909. The van der Waals surface area contributed by atoms with Gasteiger partial charge in [0.05, 0.1) is 0 Å². The van der Waals surface area contributed by atoms with Gasteiger partial charge in [-0.1, -0.05) is 91.1 Å². The monoisotopic (exact) mass is 324 g/mol. The van der Waals surface area contributed by atoms with Crippen LogP contribution in [0.15, 0.2) is 12.2 Å². The third kappa shape index (κ3) is 14.5. The maximum atomic E-state index is 11.7. The average molecular weight is 325 g/mol. The largest absolute Gasteiger partial charge is 0.459 e. The smallest absolute Gasteiger partial charge is 0.333 e. The van der Waals surface area contributed by atoms with Crippen LogP contribution in [0.2, 0.25) is 0 Å². The van der Waals surface area contributed by atoms with Crippen LogP contribution in [0.3, 0.4) is 0 Å². The summed E-state index contributed by atoms with van der Waals surface area (Å²) in [7, 11) is 0. The molecule has 23 heavy (non-hydrogen) atoms. The van der Waals surface area contributed by atoms with E-state index in [1.807, 2.05) is 0 Å². The molecule has 0 saturated carbocycles. The lowest BCUT2D eigenvalue weighted by Crippen LogP contribution is -2.18. The molecule has 1 unspecified atom stereocenters. The van der Waals surface area contributed by atoms with Crippen molar-refractivity contribution in [3.05, 3.63) is 12.2 Å². The summed E-state index contributed by atoms with van der Waals surface area (Å²) < 4.78 is 5.56. The predicted molar refractivity (Wildman–Crippen MR) is 101 cm³/mol. The Kier molecular flexibility index (Phi) is 15.5.